The number of anilines is 1. The maximum atomic E-state index is 11.7. The summed E-state index contributed by atoms with van der Waals surface area (Å²) in [5, 5.41) is 14.9. The number of hydrogen-bond acceptors (Lipinski definition) is 3. The van der Waals surface area contributed by atoms with Crippen LogP contribution in [0.15, 0.2) is 24.3 Å². The van der Waals surface area contributed by atoms with E-state index in [1.807, 2.05) is 24.3 Å². The molecule has 0 radical (unpaired) electrons. The van der Waals surface area contributed by atoms with Gasteiger partial charge in [0.05, 0.1) is 6.61 Å². The number of aliphatic hydroxyl groups is 1. The largest absolute Gasteiger partial charge is 0.395 e. The van der Waals surface area contributed by atoms with Crippen LogP contribution in [0.2, 0.25) is 0 Å². The predicted octanol–water partition coefficient (Wildman–Crippen LogP) is 2.54. The van der Waals surface area contributed by atoms with Gasteiger partial charge >= 0.3 is 0 Å². The standard InChI is InChI=1S/C16H24N2O2/c19-12-11-17-16(20)13-7-9-15(10-8-13)18-14-5-3-1-2-4-6-14/h7-10,14,18-19H,1-6,11-12H2,(H,17,20). The summed E-state index contributed by atoms with van der Waals surface area (Å²) in [5.41, 5.74) is 1.71. The smallest absolute Gasteiger partial charge is 0.251 e. The first-order valence-corrected chi connectivity index (χ1v) is 7.55. The molecule has 110 valence electrons. The van der Waals surface area contributed by atoms with Crippen LogP contribution in [-0.4, -0.2) is 30.2 Å². The Morgan fingerprint density at radius 2 is 1.75 bits per heavy atom. The minimum absolute atomic E-state index is 0.0347. The molecule has 1 aliphatic rings. The molecule has 0 atom stereocenters. The van der Waals surface area contributed by atoms with E-state index >= 15 is 0 Å². The van der Waals surface area contributed by atoms with E-state index in [0.717, 1.165) is 5.69 Å². The van der Waals surface area contributed by atoms with Gasteiger partial charge in [-0.05, 0) is 37.1 Å². The molecule has 0 heterocycles. The van der Waals surface area contributed by atoms with Crippen LogP contribution in [0.4, 0.5) is 5.69 Å². The lowest BCUT2D eigenvalue weighted by Gasteiger charge is -2.17. The van der Waals surface area contributed by atoms with Crippen molar-refractivity contribution in [2.75, 3.05) is 18.5 Å². The lowest BCUT2D eigenvalue weighted by Crippen LogP contribution is -2.26. The van der Waals surface area contributed by atoms with Crippen LogP contribution >= 0.6 is 0 Å². The number of amides is 1. The number of hydrogen-bond donors (Lipinski definition) is 3. The third-order valence-corrected chi connectivity index (χ3v) is 3.77. The Bertz CT molecular complexity index is 409. The van der Waals surface area contributed by atoms with Crippen molar-refractivity contribution in [3.8, 4) is 0 Å². The Hall–Kier alpha value is -1.55. The number of aliphatic hydroxyl groups excluding tert-OH is 1. The monoisotopic (exact) mass is 276 g/mol. The molecule has 0 aromatic heterocycles. The SMILES string of the molecule is O=C(NCCO)c1ccc(NC2CCCCCC2)cc1. The number of carbonyl (C=O) groups is 1. The molecule has 0 aliphatic heterocycles. The van der Waals surface area contributed by atoms with Gasteiger partial charge in [0.15, 0.2) is 0 Å². The zero-order valence-corrected chi connectivity index (χ0v) is 11.9. The van der Waals surface area contributed by atoms with Crippen molar-refractivity contribution in [1.82, 2.24) is 5.32 Å². The maximum Gasteiger partial charge on any atom is 0.251 e. The molecule has 1 aromatic rings. The van der Waals surface area contributed by atoms with E-state index < -0.39 is 0 Å². The molecule has 1 aromatic carbocycles. The van der Waals surface area contributed by atoms with Gasteiger partial charge in [0.2, 0.25) is 0 Å². The molecule has 0 spiro atoms. The molecule has 4 nitrogen and oxygen atoms in total. The average Bonchev–Trinajstić information content (AvgIpc) is 2.74. The van der Waals surface area contributed by atoms with Gasteiger partial charge in [-0.15, -0.1) is 0 Å². The first kappa shape index (κ1) is 14.9. The fourth-order valence-corrected chi connectivity index (χ4v) is 2.65. The highest BCUT2D eigenvalue weighted by atomic mass is 16.3. The van der Waals surface area contributed by atoms with Crippen molar-refractivity contribution in [3.05, 3.63) is 29.8 Å². The highest BCUT2D eigenvalue weighted by Crippen LogP contribution is 2.21. The molecule has 4 heteroatoms. The van der Waals surface area contributed by atoms with Crippen LogP contribution in [0.3, 0.4) is 0 Å². The van der Waals surface area contributed by atoms with Gasteiger partial charge in [-0.3, -0.25) is 4.79 Å². The second-order valence-electron chi connectivity index (χ2n) is 5.39. The van der Waals surface area contributed by atoms with Crippen molar-refractivity contribution in [2.24, 2.45) is 0 Å². The molecule has 20 heavy (non-hydrogen) atoms. The highest BCUT2D eigenvalue weighted by Gasteiger charge is 2.12. The Morgan fingerprint density at radius 1 is 1.10 bits per heavy atom. The van der Waals surface area contributed by atoms with Crippen LogP contribution in [0.25, 0.3) is 0 Å². The second kappa shape index (κ2) is 7.90. The zero-order chi connectivity index (χ0) is 14.2. The second-order valence-corrected chi connectivity index (χ2v) is 5.39. The quantitative estimate of drug-likeness (QED) is 0.724. The minimum Gasteiger partial charge on any atom is -0.395 e. The van der Waals surface area contributed by atoms with Crippen LogP contribution in [0.5, 0.6) is 0 Å². The van der Waals surface area contributed by atoms with Crippen molar-refractivity contribution < 1.29 is 9.90 Å². The van der Waals surface area contributed by atoms with Crippen LogP contribution in [-0.2, 0) is 0 Å². The number of benzene rings is 1. The normalized spacial score (nSPS) is 16.4. The fraction of sp³-hybridized carbons (Fsp3) is 0.562. The van der Waals surface area contributed by atoms with Gasteiger partial charge in [-0.25, -0.2) is 0 Å². The molecule has 2 rings (SSSR count). The van der Waals surface area contributed by atoms with Gasteiger partial charge in [-0.2, -0.15) is 0 Å². The first-order chi connectivity index (χ1) is 9.79. The summed E-state index contributed by atoms with van der Waals surface area (Å²) >= 11 is 0. The van der Waals surface area contributed by atoms with E-state index in [2.05, 4.69) is 10.6 Å². The molecule has 1 aliphatic carbocycles. The molecule has 0 bridgehead atoms. The van der Waals surface area contributed by atoms with E-state index in [1.54, 1.807) is 0 Å². The predicted molar refractivity (Wildman–Crippen MR) is 81.0 cm³/mol. The van der Waals surface area contributed by atoms with Gasteiger partial charge in [0, 0.05) is 23.8 Å². The average molecular weight is 276 g/mol. The van der Waals surface area contributed by atoms with Crippen LogP contribution in [0, 0.1) is 0 Å². The summed E-state index contributed by atoms with van der Waals surface area (Å²) in [7, 11) is 0. The summed E-state index contributed by atoms with van der Waals surface area (Å²) in [6.45, 7) is 0.258. The van der Waals surface area contributed by atoms with Crippen molar-refractivity contribution >= 4 is 11.6 Å². The summed E-state index contributed by atoms with van der Waals surface area (Å²) in [6.07, 6.45) is 7.78. The Labute approximate surface area is 120 Å². The van der Waals surface area contributed by atoms with Gasteiger partial charge in [-0.1, -0.05) is 25.7 Å². The van der Waals surface area contributed by atoms with E-state index in [1.165, 1.54) is 38.5 Å². The van der Waals surface area contributed by atoms with Crippen LogP contribution < -0.4 is 10.6 Å². The van der Waals surface area contributed by atoms with Crippen molar-refractivity contribution in [1.29, 1.82) is 0 Å². The van der Waals surface area contributed by atoms with E-state index in [-0.39, 0.29) is 12.5 Å². The van der Waals surface area contributed by atoms with E-state index in [4.69, 9.17) is 5.11 Å². The first-order valence-electron chi connectivity index (χ1n) is 7.55. The number of rotatable bonds is 5. The zero-order valence-electron chi connectivity index (χ0n) is 11.9. The Kier molecular flexibility index (Phi) is 5.87. The third kappa shape index (κ3) is 4.53. The van der Waals surface area contributed by atoms with E-state index in [0.29, 0.717) is 18.2 Å². The molecule has 0 unspecified atom stereocenters. The Morgan fingerprint density at radius 3 is 2.35 bits per heavy atom. The minimum atomic E-state index is -0.139. The van der Waals surface area contributed by atoms with Crippen LogP contribution in [0.1, 0.15) is 48.9 Å². The molecule has 3 N–H and O–H groups in total. The van der Waals surface area contributed by atoms with Gasteiger partial charge < -0.3 is 15.7 Å². The molecular weight excluding hydrogens is 252 g/mol. The summed E-state index contributed by atoms with van der Waals surface area (Å²) in [6, 6.07) is 8.13. The summed E-state index contributed by atoms with van der Waals surface area (Å²) in [5.74, 6) is -0.139. The van der Waals surface area contributed by atoms with Gasteiger partial charge in [0.25, 0.3) is 5.91 Å². The summed E-state index contributed by atoms with van der Waals surface area (Å²) in [4.78, 5) is 11.7. The van der Waals surface area contributed by atoms with Crippen molar-refractivity contribution in [2.45, 2.75) is 44.6 Å². The maximum absolute atomic E-state index is 11.7. The fourth-order valence-electron chi connectivity index (χ4n) is 2.65. The molecule has 0 saturated heterocycles. The lowest BCUT2D eigenvalue weighted by atomic mass is 10.1. The molecule has 1 amide bonds. The van der Waals surface area contributed by atoms with Gasteiger partial charge in [0.1, 0.15) is 0 Å². The molecule has 1 saturated carbocycles. The molecular formula is C16H24N2O2. The topological polar surface area (TPSA) is 61.4 Å². The number of carbonyl (C=O) groups excluding carboxylic acids is 1. The number of nitrogens with one attached hydrogen (secondary N) is 2. The molecule has 1 fully saturated rings. The summed E-state index contributed by atoms with van der Waals surface area (Å²) < 4.78 is 0. The highest BCUT2D eigenvalue weighted by molar-refractivity contribution is 5.94. The van der Waals surface area contributed by atoms with E-state index in [9.17, 15) is 4.79 Å². The Balaban J connectivity index is 1.88. The van der Waals surface area contributed by atoms with Crippen molar-refractivity contribution in [3.63, 3.8) is 0 Å². The third-order valence-electron chi connectivity index (χ3n) is 3.77. The lowest BCUT2D eigenvalue weighted by molar-refractivity contribution is 0.0945.